The van der Waals surface area contributed by atoms with Crippen LogP contribution in [0.15, 0.2) is 16.3 Å². The molecule has 2 heterocycles. The van der Waals surface area contributed by atoms with Crippen molar-refractivity contribution in [1.29, 1.82) is 0 Å². The lowest BCUT2D eigenvalue weighted by molar-refractivity contribution is 0.263. The quantitative estimate of drug-likeness (QED) is 0.894. The Morgan fingerprint density at radius 3 is 2.68 bits per heavy atom. The minimum Gasteiger partial charge on any atom is -0.391 e. The number of hydrogen-bond donors (Lipinski definition) is 1. The Balaban J connectivity index is 2.27. The van der Waals surface area contributed by atoms with Crippen molar-refractivity contribution >= 4 is 21.4 Å². The summed E-state index contributed by atoms with van der Waals surface area (Å²) in [6, 6.07) is 1.82. The highest BCUT2D eigenvalue weighted by molar-refractivity contribution is 7.89. The Hall–Kier alpha value is -0.470. The van der Waals surface area contributed by atoms with Crippen molar-refractivity contribution in [3.05, 3.63) is 16.3 Å². The van der Waals surface area contributed by atoms with Crippen LogP contribution in [0.1, 0.15) is 11.8 Å². The Kier molecular flexibility index (Phi) is 4.32. The number of aliphatic hydroxyl groups is 1. The molecule has 2 unspecified atom stereocenters. The topological polar surface area (TPSA) is 60.9 Å². The molecule has 2 atom stereocenters. The number of nitrogens with zero attached hydrogens (tertiary/aromatic N) is 2. The molecule has 19 heavy (non-hydrogen) atoms. The zero-order valence-electron chi connectivity index (χ0n) is 11.4. The average Bonchev–Trinajstić information content (AvgIpc) is 2.94. The summed E-state index contributed by atoms with van der Waals surface area (Å²) in [6.45, 7) is 2.89. The third-order valence-electron chi connectivity index (χ3n) is 3.67. The van der Waals surface area contributed by atoms with Gasteiger partial charge in [0.2, 0.25) is 10.0 Å². The van der Waals surface area contributed by atoms with Gasteiger partial charge >= 0.3 is 0 Å². The van der Waals surface area contributed by atoms with Crippen molar-refractivity contribution in [2.75, 3.05) is 27.2 Å². The first-order valence-electron chi connectivity index (χ1n) is 6.21. The molecule has 0 aliphatic carbocycles. The number of hydrogen-bond acceptors (Lipinski definition) is 5. The van der Waals surface area contributed by atoms with Crippen molar-refractivity contribution in [3.63, 3.8) is 0 Å². The van der Waals surface area contributed by atoms with E-state index in [0.29, 0.717) is 23.9 Å². The number of aliphatic hydroxyl groups excluding tert-OH is 1. The number of thiophene rings is 1. The molecular weight excluding hydrogens is 284 g/mol. The SMILES string of the molecule is CC1CN(S(=O)(=O)c2ccsc2CO)CC1N(C)C. The zero-order valence-corrected chi connectivity index (χ0v) is 13.0. The van der Waals surface area contributed by atoms with Gasteiger partial charge in [-0.1, -0.05) is 6.92 Å². The summed E-state index contributed by atoms with van der Waals surface area (Å²) in [4.78, 5) is 2.84. The zero-order chi connectivity index (χ0) is 14.2. The molecule has 5 nitrogen and oxygen atoms in total. The van der Waals surface area contributed by atoms with Crippen LogP contribution in [-0.2, 0) is 16.6 Å². The van der Waals surface area contributed by atoms with E-state index in [-0.39, 0.29) is 17.5 Å². The number of likely N-dealkylation sites (N-methyl/N-ethyl adjacent to an activating group) is 1. The summed E-state index contributed by atoms with van der Waals surface area (Å²) < 4.78 is 26.7. The third kappa shape index (κ3) is 2.71. The van der Waals surface area contributed by atoms with Crippen LogP contribution in [0.3, 0.4) is 0 Å². The first-order chi connectivity index (χ1) is 8.87. The molecule has 1 aliphatic heterocycles. The standard InChI is InChI=1S/C12H20N2O3S2/c1-9-6-14(7-10(9)13(2)3)19(16,17)12-4-5-18-11(12)8-15/h4-5,9-10,15H,6-8H2,1-3H3. The highest BCUT2D eigenvalue weighted by Crippen LogP contribution is 2.30. The maximum absolute atomic E-state index is 12.6. The minimum absolute atomic E-state index is 0.229. The largest absolute Gasteiger partial charge is 0.391 e. The summed E-state index contributed by atoms with van der Waals surface area (Å²) in [6.07, 6.45) is 0. The Morgan fingerprint density at radius 2 is 2.16 bits per heavy atom. The monoisotopic (exact) mass is 304 g/mol. The predicted octanol–water partition coefficient (Wildman–Crippen LogP) is 0.811. The Morgan fingerprint density at radius 1 is 1.47 bits per heavy atom. The van der Waals surface area contributed by atoms with Crippen molar-refractivity contribution < 1.29 is 13.5 Å². The Labute approximate surface area is 118 Å². The maximum atomic E-state index is 12.6. The van der Waals surface area contributed by atoms with Gasteiger partial charge in [-0.25, -0.2) is 8.42 Å². The minimum atomic E-state index is -3.48. The number of rotatable bonds is 4. The van der Waals surface area contributed by atoms with Crippen LogP contribution >= 0.6 is 11.3 Å². The average molecular weight is 304 g/mol. The van der Waals surface area contributed by atoms with Crippen molar-refractivity contribution in [2.24, 2.45) is 5.92 Å². The van der Waals surface area contributed by atoms with Gasteiger partial charge in [0.05, 0.1) is 11.5 Å². The second kappa shape index (κ2) is 5.49. The molecule has 0 spiro atoms. The molecule has 1 aliphatic rings. The van der Waals surface area contributed by atoms with Crippen LogP contribution < -0.4 is 0 Å². The third-order valence-corrected chi connectivity index (χ3v) is 6.62. The highest BCUT2D eigenvalue weighted by atomic mass is 32.2. The van der Waals surface area contributed by atoms with E-state index in [1.54, 1.807) is 11.4 Å². The van der Waals surface area contributed by atoms with E-state index in [1.807, 2.05) is 14.1 Å². The molecule has 0 amide bonds. The molecular formula is C12H20N2O3S2. The summed E-state index contributed by atoms with van der Waals surface area (Å²) >= 11 is 1.28. The molecule has 1 saturated heterocycles. The lowest BCUT2D eigenvalue weighted by atomic mass is 10.1. The molecule has 0 saturated carbocycles. The molecule has 7 heteroatoms. The van der Waals surface area contributed by atoms with Gasteiger partial charge < -0.3 is 10.0 Å². The lowest BCUT2D eigenvalue weighted by Crippen LogP contribution is -2.35. The van der Waals surface area contributed by atoms with Crippen molar-refractivity contribution in [2.45, 2.75) is 24.5 Å². The fraction of sp³-hybridized carbons (Fsp3) is 0.667. The predicted molar refractivity (Wildman–Crippen MR) is 75.6 cm³/mol. The second-order valence-electron chi connectivity index (χ2n) is 5.20. The molecule has 2 rings (SSSR count). The summed E-state index contributed by atoms with van der Waals surface area (Å²) in [5.74, 6) is 0.306. The molecule has 0 aromatic carbocycles. The molecule has 1 N–H and O–H groups in total. The van der Waals surface area contributed by atoms with Crippen molar-refractivity contribution in [1.82, 2.24) is 9.21 Å². The van der Waals surface area contributed by atoms with E-state index in [1.165, 1.54) is 15.6 Å². The Bertz CT molecular complexity index is 539. The smallest absolute Gasteiger partial charge is 0.244 e. The van der Waals surface area contributed by atoms with Gasteiger partial charge in [0, 0.05) is 24.0 Å². The van der Waals surface area contributed by atoms with Gasteiger partial charge in [-0.15, -0.1) is 11.3 Å². The molecule has 1 aromatic heterocycles. The van der Waals surface area contributed by atoms with Gasteiger partial charge in [0.1, 0.15) is 0 Å². The highest BCUT2D eigenvalue weighted by Gasteiger charge is 2.38. The van der Waals surface area contributed by atoms with E-state index in [2.05, 4.69) is 11.8 Å². The summed E-state index contributed by atoms with van der Waals surface area (Å²) in [7, 11) is 0.466. The van der Waals surface area contributed by atoms with E-state index >= 15 is 0 Å². The first kappa shape index (κ1) is 14.9. The van der Waals surface area contributed by atoms with Crippen molar-refractivity contribution in [3.8, 4) is 0 Å². The van der Waals surface area contributed by atoms with Crippen LogP contribution in [-0.4, -0.2) is 56.0 Å². The van der Waals surface area contributed by atoms with Crippen LogP contribution in [0.2, 0.25) is 0 Å². The fourth-order valence-electron chi connectivity index (χ4n) is 2.59. The molecule has 1 fully saturated rings. The molecule has 108 valence electrons. The van der Waals surface area contributed by atoms with E-state index in [0.717, 1.165) is 0 Å². The van der Waals surface area contributed by atoms with E-state index in [9.17, 15) is 13.5 Å². The van der Waals surface area contributed by atoms with Gasteiger partial charge in [0.25, 0.3) is 0 Å². The van der Waals surface area contributed by atoms with Gasteiger partial charge in [-0.05, 0) is 31.5 Å². The first-order valence-corrected chi connectivity index (χ1v) is 8.53. The second-order valence-corrected chi connectivity index (χ2v) is 8.10. The summed E-state index contributed by atoms with van der Waals surface area (Å²) in [5.41, 5.74) is 0. The normalized spacial score (nSPS) is 25.3. The van der Waals surface area contributed by atoms with Crippen LogP contribution in [0.25, 0.3) is 0 Å². The fourth-order valence-corrected chi connectivity index (χ4v) is 5.41. The van der Waals surface area contributed by atoms with Crippen LogP contribution in [0, 0.1) is 5.92 Å². The summed E-state index contributed by atoms with van der Waals surface area (Å²) in [5, 5.41) is 10.9. The lowest BCUT2D eigenvalue weighted by Gasteiger charge is -2.22. The van der Waals surface area contributed by atoms with Gasteiger partial charge in [-0.3, -0.25) is 0 Å². The van der Waals surface area contributed by atoms with Crippen LogP contribution in [0.4, 0.5) is 0 Å². The van der Waals surface area contributed by atoms with E-state index in [4.69, 9.17) is 0 Å². The maximum Gasteiger partial charge on any atom is 0.244 e. The van der Waals surface area contributed by atoms with Gasteiger partial charge in [0.15, 0.2) is 0 Å². The van der Waals surface area contributed by atoms with E-state index < -0.39 is 10.0 Å². The van der Waals surface area contributed by atoms with Crippen LogP contribution in [0.5, 0.6) is 0 Å². The molecule has 0 bridgehead atoms. The molecule has 1 aromatic rings. The van der Waals surface area contributed by atoms with Gasteiger partial charge in [-0.2, -0.15) is 4.31 Å². The number of sulfonamides is 1. The molecule has 0 radical (unpaired) electrons.